The van der Waals surface area contributed by atoms with Crippen LogP contribution in [-0.2, 0) is 50.1 Å². The van der Waals surface area contributed by atoms with Gasteiger partial charge in [-0.1, -0.05) is 55.4 Å². The molecule has 0 amide bonds. The first-order valence-corrected chi connectivity index (χ1v) is 9.26. The Bertz CT molecular complexity index is 799. The smallest absolute Gasteiger partial charge is 0.0413 e. The van der Waals surface area contributed by atoms with E-state index in [2.05, 4.69) is 46.8 Å². The summed E-state index contributed by atoms with van der Waals surface area (Å²) in [5, 5.41) is 11.0. The molecule has 0 aliphatic carbocycles. The van der Waals surface area contributed by atoms with Gasteiger partial charge in [-0.3, -0.25) is 0 Å². The predicted octanol–water partition coefficient (Wildman–Crippen LogP) is 5.22. The van der Waals surface area contributed by atoms with Crippen molar-refractivity contribution in [1.29, 1.82) is 0 Å². The molecule has 3 N–H and O–H groups in total. The zero-order valence-electron chi connectivity index (χ0n) is 18.7. The molecule has 0 atom stereocenters. The van der Waals surface area contributed by atoms with Crippen molar-refractivity contribution >= 4 is 0 Å². The molecule has 4 heteroatoms. The molecule has 2 rings (SSSR count). The summed E-state index contributed by atoms with van der Waals surface area (Å²) in [7, 11) is 0. The molecule has 0 saturated carbocycles. The second-order valence-electron chi connectivity index (χ2n) is 8.78. The van der Waals surface area contributed by atoms with Gasteiger partial charge in [0.25, 0.3) is 0 Å². The van der Waals surface area contributed by atoms with Crippen molar-refractivity contribution in [2.24, 2.45) is 5.73 Å². The molecule has 0 fully saturated rings. The van der Waals surface area contributed by atoms with Crippen LogP contribution in [0.1, 0.15) is 72.2 Å². The molecule has 2 nitrogen and oxygen atoms in total. The normalized spacial score (nSPS) is 11.7. The van der Waals surface area contributed by atoms with Crippen LogP contribution in [0.3, 0.4) is 0 Å². The van der Waals surface area contributed by atoms with Crippen LogP contribution in [0.25, 0.3) is 11.1 Å². The molecule has 0 aliphatic heterocycles. The fraction of sp³-hybridized carbons (Fsp3) is 0.500. The maximum Gasteiger partial charge on any atom is 0.0413 e. The van der Waals surface area contributed by atoms with Crippen LogP contribution in [0.15, 0.2) is 0 Å². The van der Waals surface area contributed by atoms with Crippen molar-refractivity contribution < 1.29 is 44.1 Å². The Hall–Kier alpha value is -0.393. The van der Waals surface area contributed by atoms with E-state index in [4.69, 9.17) is 5.73 Å². The molecule has 2 radical (unpaired) electrons. The fourth-order valence-corrected chi connectivity index (χ4v) is 4.20. The minimum Gasteiger partial charge on any atom is -0.398 e. The van der Waals surface area contributed by atoms with E-state index in [1.165, 1.54) is 5.56 Å². The molecule has 0 aromatic heterocycles. The summed E-state index contributed by atoms with van der Waals surface area (Å²) in [4.78, 5) is 0. The first kappa shape index (κ1) is 27.6. The van der Waals surface area contributed by atoms with Crippen LogP contribution in [-0.4, -0.2) is 5.11 Å². The Morgan fingerprint density at radius 1 is 0.643 bits per heavy atom. The molecule has 0 unspecified atom stereocenters. The van der Waals surface area contributed by atoms with Crippen molar-refractivity contribution in [3.8, 4) is 11.1 Å². The number of aryl methyl sites for hydroxylation is 4. The molecule has 0 heterocycles. The van der Waals surface area contributed by atoms with Gasteiger partial charge in [0.15, 0.2) is 0 Å². The molecule has 28 heavy (non-hydrogen) atoms. The Morgan fingerprint density at radius 2 is 0.964 bits per heavy atom. The molecule has 0 aliphatic rings. The summed E-state index contributed by atoms with van der Waals surface area (Å²) < 4.78 is 0. The molecular weight excluding hydrogens is 524 g/mol. The van der Waals surface area contributed by atoms with Crippen LogP contribution < -0.4 is 5.73 Å². The molecule has 2 aromatic rings. The second kappa shape index (κ2) is 9.17. The van der Waals surface area contributed by atoms with Gasteiger partial charge in [-0.05, 0) is 19.4 Å². The van der Waals surface area contributed by atoms with Gasteiger partial charge in [-0.2, -0.15) is 45.5 Å². The third-order valence-electron chi connectivity index (χ3n) is 5.38. The van der Waals surface area contributed by atoms with Crippen LogP contribution in [0, 0.1) is 53.7 Å². The summed E-state index contributed by atoms with van der Waals surface area (Å²) in [6, 6.07) is 6.91. The number of rotatable bonds is 3. The van der Waals surface area contributed by atoms with Gasteiger partial charge in [0.05, 0.1) is 0 Å². The molecular formula is C24H33NORh2-2. The quantitative estimate of drug-likeness (QED) is 0.402. The minimum absolute atomic E-state index is 0. The second-order valence-corrected chi connectivity index (χ2v) is 8.78. The molecule has 0 saturated heterocycles. The van der Waals surface area contributed by atoms with Crippen molar-refractivity contribution in [2.75, 3.05) is 0 Å². The van der Waals surface area contributed by atoms with Gasteiger partial charge in [0.2, 0.25) is 0 Å². The molecule has 2 aromatic carbocycles. The van der Waals surface area contributed by atoms with Gasteiger partial charge in [0, 0.05) is 44.6 Å². The SMILES string of the molecule is Cc1[c-]c(C)c(C(C)(C)N)c(-c2c(C)c(C)[c-]c(C)c2C(C)(C)O)c1C.[Rh].[Rh]. The van der Waals surface area contributed by atoms with E-state index in [-0.39, 0.29) is 39.0 Å². The maximum atomic E-state index is 11.0. The van der Waals surface area contributed by atoms with E-state index in [1.54, 1.807) is 0 Å². The van der Waals surface area contributed by atoms with Crippen molar-refractivity contribution in [2.45, 2.75) is 80.4 Å². The summed E-state index contributed by atoms with van der Waals surface area (Å²) in [5.41, 5.74) is 16.0. The van der Waals surface area contributed by atoms with Crippen LogP contribution in [0.2, 0.25) is 0 Å². The van der Waals surface area contributed by atoms with Crippen molar-refractivity contribution in [3.05, 3.63) is 56.6 Å². The van der Waals surface area contributed by atoms with E-state index < -0.39 is 11.1 Å². The summed E-state index contributed by atoms with van der Waals surface area (Å²) in [6.45, 7) is 20.3. The van der Waals surface area contributed by atoms with E-state index in [0.29, 0.717) is 0 Å². The molecule has 0 bridgehead atoms. The number of nitrogens with two attached hydrogens (primary N) is 1. The Kier molecular flexibility index (Phi) is 9.05. The van der Waals surface area contributed by atoms with Crippen LogP contribution >= 0.6 is 0 Å². The monoisotopic (exact) mass is 557 g/mol. The number of hydrogen-bond donors (Lipinski definition) is 2. The number of hydrogen-bond acceptors (Lipinski definition) is 2. The third-order valence-corrected chi connectivity index (χ3v) is 5.38. The zero-order valence-corrected chi connectivity index (χ0v) is 22.0. The van der Waals surface area contributed by atoms with Crippen molar-refractivity contribution in [3.63, 3.8) is 0 Å². The predicted molar refractivity (Wildman–Crippen MR) is 110 cm³/mol. The van der Waals surface area contributed by atoms with Gasteiger partial charge < -0.3 is 10.8 Å². The maximum absolute atomic E-state index is 11.0. The molecule has 0 spiro atoms. The first-order valence-electron chi connectivity index (χ1n) is 9.26. The average molecular weight is 557 g/mol. The fourth-order valence-electron chi connectivity index (χ4n) is 4.20. The van der Waals surface area contributed by atoms with Gasteiger partial charge >= 0.3 is 0 Å². The Morgan fingerprint density at radius 3 is 1.29 bits per heavy atom. The molecule has 160 valence electrons. The number of aliphatic hydroxyl groups is 1. The van der Waals surface area contributed by atoms with E-state index >= 15 is 0 Å². The van der Waals surface area contributed by atoms with Crippen molar-refractivity contribution in [1.82, 2.24) is 0 Å². The summed E-state index contributed by atoms with van der Waals surface area (Å²) in [5.74, 6) is 0. The van der Waals surface area contributed by atoms with Crippen LogP contribution in [0.5, 0.6) is 0 Å². The Balaban J connectivity index is 0.00000364. The average Bonchev–Trinajstić information content (AvgIpc) is 2.43. The van der Waals surface area contributed by atoms with Gasteiger partial charge in [0.1, 0.15) is 0 Å². The Labute approximate surface area is 197 Å². The van der Waals surface area contributed by atoms with E-state index in [9.17, 15) is 5.11 Å². The van der Waals surface area contributed by atoms with E-state index in [1.807, 2.05) is 34.6 Å². The third kappa shape index (κ3) is 5.01. The standard InChI is InChI=1S/C24H33NO.2Rh/c1-13-11-15(3)21(23(7,8)25)19(17(13)5)20-18(6)14(2)12-16(4)22(20)24(9,10)26;;/h26H,25H2,1-10H3;;/q-2;;. The largest absolute Gasteiger partial charge is 0.398 e. The number of benzene rings is 2. The topological polar surface area (TPSA) is 46.2 Å². The van der Waals surface area contributed by atoms with Gasteiger partial charge in [-0.25, -0.2) is 0 Å². The first-order chi connectivity index (χ1) is 11.7. The zero-order chi connectivity index (χ0) is 20.2. The van der Waals surface area contributed by atoms with E-state index in [0.717, 1.165) is 50.1 Å². The van der Waals surface area contributed by atoms with Crippen LogP contribution in [0.4, 0.5) is 0 Å². The van der Waals surface area contributed by atoms with Gasteiger partial charge in [-0.15, -0.1) is 22.3 Å². The summed E-state index contributed by atoms with van der Waals surface area (Å²) >= 11 is 0. The summed E-state index contributed by atoms with van der Waals surface area (Å²) in [6.07, 6.45) is 0. The minimum atomic E-state index is -0.974.